The van der Waals surface area contributed by atoms with Gasteiger partial charge in [0.05, 0.1) is 22.7 Å². The summed E-state index contributed by atoms with van der Waals surface area (Å²) in [6.07, 6.45) is -1.26. The van der Waals surface area contributed by atoms with E-state index < -0.39 is 84.1 Å². The number of allylic oxidation sites excluding steroid dienone is 1. The van der Waals surface area contributed by atoms with Crippen LogP contribution in [0.25, 0.3) is 0 Å². The molecule has 0 saturated carbocycles. The molecule has 320 valence electrons. The van der Waals surface area contributed by atoms with Gasteiger partial charge in [-0.2, -0.15) is 0 Å². The number of esters is 3. The van der Waals surface area contributed by atoms with E-state index in [0.717, 1.165) is 0 Å². The molecule has 3 unspecified atom stereocenters. The smallest absolute Gasteiger partial charge is 0.338 e. The molecule has 0 bridgehead atoms. The standard InChI is InChI=1S/C46H61NO9S2Si/c1-12-23-35(30-52-59(10,11)46(7,8)9)57-44-40(55-43(50)34-28-21-16-22-29-34)39(54-42(49)33-26-19-15-20-27-33)38(53-41(48)32-24-17-14-18-25-32)37(56-44)36(31(3)13-2)47-58(51)45(4,5)6/h12-22,24-29,31,35-40,44,47H,1-2,23,30H2,3-11H3/t31?,35?,36?,37-,38+,39+,40-,44-,58-/m1/s1. The van der Waals surface area contributed by atoms with E-state index in [1.807, 2.05) is 27.7 Å². The topological polar surface area (TPSA) is 132 Å². The van der Waals surface area contributed by atoms with Gasteiger partial charge in [-0.15, -0.1) is 29.6 Å². The zero-order valence-corrected chi connectivity index (χ0v) is 38.4. The van der Waals surface area contributed by atoms with Crippen LogP contribution in [0.3, 0.4) is 0 Å². The maximum atomic E-state index is 14.2. The molecule has 10 nitrogen and oxygen atoms in total. The van der Waals surface area contributed by atoms with Crippen molar-refractivity contribution in [3.05, 3.63) is 133 Å². The fourth-order valence-electron chi connectivity index (χ4n) is 5.90. The fraction of sp³-hybridized carbons (Fsp3) is 0.457. The van der Waals surface area contributed by atoms with Crippen molar-refractivity contribution in [3.63, 3.8) is 0 Å². The highest BCUT2D eigenvalue weighted by atomic mass is 32.2. The number of carbonyl (C=O) groups is 3. The summed E-state index contributed by atoms with van der Waals surface area (Å²) in [6.45, 7) is 26.6. The first-order valence-electron chi connectivity index (χ1n) is 19.9. The number of thioether (sulfide) groups is 1. The minimum atomic E-state index is -2.23. The summed E-state index contributed by atoms with van der Waals surface area (Å²) in [5, 5.41) is -0.322. The Balaban J connectivity index is 1.94. The van der Waals surface area contributed by atoms with Crippen LogP contribution in [0.5, 0.6) is 0 Å². The molecule has 0 spiro atoms. The van der Waals surface area contributed by atoms with Crippen molar-refractivity contribution in [2.45, 2.75) is 119 Å². The number of benzene rings is 3. The summed E-state index contributed by atoms with van der Waals surface area (Å²) < 4.78 is 49.4. The first-order valence-corrected chi connectivity index (χ1v) is 24.9. The van der Waals surface area contributed by atoms with Crippen molar-refractivity contribution in [1.29, 1.82) is 0 Å². The molecule has 1 heterocycles. The number of carbonyl (C=O) groups excluding carboxylic acids is 3. The van der Waals surface area contributed by atoms with Gasteiger partial charge in [0, 0.05) is 23.2 Å². The van der Waals surface area contributed by atoms with Gasteiger partial charge in [-0.1, -0.05) is 94.4 Å². The molecule has 4 rings (SSSR count). The van der Waals surface area contributed by atoms with Gasteiger partial charge in [-0.05, 0) is 87.6 Å². The van der Waals surface area contributed by atoms with E-state index in [9.17, 15) is 18.9 Å². The van der Waals surface area contributed by atoms with Gasteiger partial charge in [-0.25, -0.2) is 14.4 Å². The Bertz CT molecular complexity index is 1840. The molecule has 1 aliphatic rings. The molecule has 59 heavy (non-hydrogen) atoms. The summed E-state index contributed by atoms with van der Waals surface area (Å²) in [7, 11) is -2.23. The van der Waals surface area contributed by atoms with E-state index in [0.29, 0.717) is 13.0 Å². The van der Waals surface area contributed by atoms with Gasteiger partial charge >= 0.3 is 17.9 Å². The van der Waals surface area contributed by atoms with E-state index >= 15 is 0 Å². The second-order valence-corrected chi connectivity index (χ2v) is 25.4. The average Bonchev–Trinajstić information content (AvgIpc) is 3.20. The van der Waals surface area contributed by atoms with Crippen LogP contribution in [0.1, 0.15) is 86.0 Å². The SMILES string of the molecule is C=CCC(CO[Si](C)(C)C(C)(C)C)S[C@H]1O[C@H](C(N[S@+]([O-])C(C)(C)C)C(C)C=C)[C@H](OC(=O)c2ccccc2)[C@H](OC(=O)c2ccccc2)[C@H]1OC(=O)c1ccccc1. The molecule has 1 fully saturated rings. The molecule has 3 aromatic rings. The Hall–Kier alpha value is -3.69. The summed E-state index contributed by atoms with van der Waals surface area (Å²) in [5.41, 5.74) is -0.294. The number of ether oxygens (including phenoxy) is 4. The third-order valence-electron chi connectivity index (χ3n) is 10.6. The lowest BCUT2D eigenvalue weighted by Crippen LogP contribution is -2.67. The maximum Gasteiger partial charge on any atom is 0.338 e. The molecule has 0 aliphatic carbocycles. The van der Waals surface area contributed by atoms with Crippen molar-refractivity contribution in [1.82, 2.24) is 4.72 Å². The maximum absolute atomic E-state index is 14.2. The van der Waals surface area contributed by atoms with Crippen LogP contribution in [0.2, 0.25) is 18.1 Å². The van der Waals surface area contributed by atoms with Crippen molar-refractivity contribution >= 4 is 49.3 Å². The van der Waals surface area contributed by atoms with Crippen LogP contribution < -0.4 is 4.72 Å². The average molecular weight is 864 g/mol. The van der Waals surface area contributed by atoms with Crippen LogP contribution >= 0.6 is 11.8 Å². The normalized spacial score (nSPS) is 21.9. The van der Waals surface area contributed by atoms with Crippen molar-refractivity contribution in [2.75, 3.05) is 6.61 Å². The Kier molecular flexibility index (Phi) is 17.2. The van der Waals surface area contributed by atoms with Crippen LogP contribution in [0, 0.1) is 5.92 Å². The van der Waals surface area contributed by atoms with Crippen LogP contribution in [0.4, 0.5) is 0 Å². The van der Waals surface area contributed by atoms with Crippen LogP contribution in [-0.2, 0) is 34.7 Å². The molecule has 3 aromatic carbocycles. The van der Waals surface area contributed by atoms with Crippen LogP contribution in [-0.4, -0.2) is 83.3 Å². The van der Waals surface area contributed by atoms with E-state index in [1.165, 1.54) is 11.8 Å². The molecule has 0 amide bonds. The van der Waals surface area contributed by atoms with E-state index in [4.69, 9.17) is 23.4 Å². The van der Waals surface area contributed by atoms with E-state index in [1.54, 1.807) is 103 Å². The minimum absolute atomic E-state index is 0.0639. The first kappa shape index (κ1) is 48.0. The predicted molar refractivity (Wildman–Crippen MR) is 239 cm³/mol. The first-order chi connectivity index (χ1) is 27.8. The Labute approximate surface area is 359 Å². The van der Waals surface area contributed by atoms with Crippen molar-refractivity contribution < 1.29 is 42.3 Å². The highest BCUT2D eigenvalue weighted by Crippen LogP contribution is 2.42. The van der Waals surface area contributed by atoms with Gasteiger partial charge in [-0.3, -0.25) is 0 Å². The zero-order valence-electron chi connectivity index (χ0n) is 35.8. The number of hydrogen-bond acceptors (Lipinski definition) is 11. The van der Waals surface area contributed by atoms with Gasteiger partial charge in [0.2, 0.25) is 0 Å². The predicted octanol–water partition coefficient (Wildman–Crippen LogP) is 9.33. The largest absolute Gasteiger partial charge is 0.598 e. The molecule has 13 heteroatoms. The highest BCUT2D eigenvalue weighted by molar-refractivity contribution is 8.00. The number of nitrogens with one attached hydrogen (secondary N) is 1. The monoisotopic (exact) mass is 863 g/mol. The third-order valence-corrected chi connectivity index (χ3v) is 18.0. The molecule has 1 saturated heterocycles. The Morgan fingerprint density at radius 3 is 1.64 bits per heavy atom. The fourth-order valence-corrected chi connectivity index (χ4v) is 9.35. The second kappa shape index (κ2) is 21.2. The lowest BCUT2D eigenvalue weighted by atomic mass is 9.88. The minimum Gasteiger partial charge on any atom is -0.598 e. The summed E-state index contributed by atoms with van der Waals surface area (Å²) in [5.74, 6) is -2.57. The third kappa shape index (κ3) is 13.1. The Morgan fingerprint density at radius 1 is 0.797 bits per heavy atom. The summed E-state index contributed by atoms with van der Waals surface area (Å²) in [6, 6.07) is 24.5. The van der Waals surface area contributed by atoms with Gasteiger partial charge in [0.15, 0.2) is 26.6 Å². The number of rotatable bonds is 18. The van der Waals surface area contributed by atoms with Crippen molar-refractivity contribution in [2.24, 2.45) is 5.92 Å². The molecular weight excluding hydrogens is 803 g/mol. The van der Waals surface area contributed by atoms with E-state index in [2.05, 4.69) is 51.7 Å². The van der Waals surface area contributed by atoms with Gasteiger partial charge < -0.3 is 27.9 Å². The van der Waals surface area contributed by atoms with Crippen LogP contribution in [0.15, 0.2) is 116 Å². The molecule has 9 atom stereocenters. The quantitative estimate of drug-likeness (QED) is 0.0432. The van der Waals surface area contributed by atoms with Gasteiger partial charge in [0.1, 0.15) is 16.3 Å². The zero-order chi connectivity index (χ0) is 43.5. The highest BCUT2D eigenvalue weighted by Gasteiger charge is 2.57. The lowest BCUT2D eigenvalue weighted by Gasteiger charge is -2.48. The molecule has 0 aromatic heterocycles. The molecule has 1 N–H and O–H groups in total. The van der Waals surface area contributed by atoms with Gasteiger partial charge in [0.25, 0.3) is 0 Å². The second-order valence-electron chi connectivity index (χ2n) is 17.2. The number of hydrogen-bond donors (Lipinski definition) is 1. The van der Waals surface area contributed by atoms with Crippen molar-refractivity contribution in [3.8, 4) is 0 Å². The van der Waals surface area contributed by atoms with E-state index in [-0.39, 0.29) is 27.0 Å². The summed E-state index contributed by atoms with van der Waals surface area (Å²) >= 11 is -0.282. The lowest BCUT2D eigenvalue weighted by molar-refractivity contribution is -0.207. The molecular formula is C46H61NO9S2Si. The molecule has 0 radical (unpaired) electrons. The molecule has 1 aliphatic heterocycles. The Morgan fingerprint density at radius 2 is 1.24 bits per heavy atom. The summed E-state index contributed by atoms with van der Waals surface area (Å²) in [4.78, 5) is 42.4.